The molecule has 2 N–H and O–H groups in total. The van der Waals surface area contributed by atoms with E-state index < -0.39 is 5.82 Å². The molecule has 0 fully saturated rings. The second kappa shape index (κ2) is 4.28. The van der Waals surface area contributed by atoms with Gasteiger partial charge in [0.25, 0.3) is 0 Å². The Balaban J connectivity index is 2.06. The van der Waals surface area contributed by atoms with Crippen LogP contribution in [0.3, 0.4) is 0 Å². The largest absolute Gasteiger partial charge is 0.434 e. The van der Waals surface area contributed by atoms with Gasteiger partial charge in [0.1, 0.15) is 0 Å². The minimum atomic E-state index is -0.505. The molecule has 0 saturated heterocycles. The van der Waals surface area contributed by atoms with Crippen LogP contribution in [0.5, 0.6) is 11.6 Å². The van der Waals surface area contributed by atoms with E-state index in [0.717, 1.165) is 10.9 Å². The zero-order chi connectivity index (χ0) is 13.4. The highest BCUT2D eigenvalue weighted by Crippen LogP contribution is 2.30. The first kappa shape index (κ1) is 11.5. The highest BCUT2D eigenvalue weighted by molar-refractivity contribution is 5.84. The van der Waals surface area contributed by atoms with Gasteiger partial charge >= 0.3 is 0 Å². The second-order valence-electron chi connectivity index (χ2n) is 4.24. The Labute approximate surface area is 109 Å². The fraction of sp³-hybridized carbons (Fsp3) is 0.0714. The average Bonchev–Trinajstić information content (AvgIpc) is 2.71. The van der Waals surface area contributed by atoms with Crippen LogP contribution in [0.25, 0.3) is 10.9 Å². The number of rotatable bonds is 2. The Kier molecular flexibility index (Phi) is 2.59. The highest BCUT2D eigenvalue weighted by atomic mass is 19.1. The number of nitrogens with two attached hydrogens (primary N) is 1. The molecule has 3 aromatic rings. The Hall–Kier alpha value is -2.56. The minimum absolute atomic E-state index is 0.109. The van der Waals surface area contributed by atoms with Crippen molar-refractivity contribution in [2.24, 2.45) is 7.05 Å². The SMILES string of the molecule is Cn1nc(Oc2ccc(N)cc2F)c2ccccc21. The van der Waals surface area contributed by atoms with Crippen LogP contribution in [0, 0.1) is 5.82 Å². The average molecular weight is 257 g/mol. The van der Waals surface area contributed by atoms with Crippen molar-refractivity contribution in [2.45, 2.75) is 0 Å². The van der Waals surface area contributed by atoms with Gasteiger partial charge in [-0.15, -0.1) is 5.10 Å². The summed E-state index contributed by atoms with van der Waals surface area (Å²) in [6, 6.07) is 11.9. The fourth-order valence-corrected chi connectivity index (χ4v) is 1.96. The number of fused-ring (bicyclic) bond motifs is 1. The fourth-order valence-electron chi connectivity index (χ4n) is 1.96. The molecular formula is C14H12FN3O. The quantitative estimate of drug-likeness (QED) is 0.718. The van der Waals surface area contributed by atoms with Gasteiger partial charge in [-0.25, -0.2) is 4.39 Å². The van der Waals surface area contributed by atoms with E-state index in [1.54, 1.807) is 10.7 Å². The monoisotopic (exact) mass is 257 g/mol. The molecule has 2 aromatic carbocycles. The Bertz CT molecular complexity index is 752. The molecule has 0 atom stereocenters. The molecule has 0 amide bonds. The molecule has 5 heteroatoms. The first-order valence-electron chi connectivity index (χ1n) is 5.80. The molecule has 0 aliphatic rings. The summed E-state index contributed by atoms with van der Waals surface area (Å²) in [7, 11) is 1.81. The first-order chi connectivity index (χ1) is 9.15. The molecule has 0 saturated carbocycles. The van der Waals surface area contributed by atoms with Crippen LogP contribution in [-0.2, 0) is 7.05 Å². The lowest BCUT2D eigenvalue weighted by atomic mass is 10.2. The standard InChI is InChI=1S/C14H12FN3O/c1-18-12-5-3-2-4-10(12)14(17-18)19-13-7-6-9(16)8-11(13)15/h2-8H,16H2,1H3. The van der Waals surface area contributed by atoms with Gasteiger partial charge in [0, 0.05) is 18.8 Å². The molecule has 4 nitrogen and oxygen atoms in total. The van der Waals surface area contributed by atoms with Crippen molar-refractivity contribution in [2.75, 3.05) is 5.73 Å². The number of aryl methyl sites for hydroxylation is 1. The van der Waals surface area contributed by atoms with Crippen LogP contribution in [0.15, 0.2) is 42.5 Å². The maximum Gasteiger partial charge on any atom is 0.246 e. The maximum absolute atomic E-state index is 13.7. The zero-order valence-electron chi connectivity index (χ0n) is 10.3. The summed E-state index contributed by atoms with van der Waals surface area (Å²) < 4.78 is 20.9. The first-order valence-corrected chi connectivity index (χ1v) is 5.80. The van der Waals surface area contributed by atoms with E-state index in [1.165, 1.54) is 12.1 Å². The third-order valence-electron chi connectivity index (χ3n) is 2.89. The highest BCUT2D eigenvalue weighted by Gasteiger charge is 2.12. The van der Waals surface area contributed by atoms with Gasteiger partial charge in [-0.3, -0.25) is 4.68 Å². The normalized spacial score (nSPS) is 10.8. The lowest BCUT2D eigenvalue weighted by Gasteiger charge is -2.04. The molecule has 0 aliphatic heterocycles. The van der Waals surface area contributed by atoms with Gasteiger partial charge < -0.3 is 10.5 Å². The van der Waals surface area contributed by atoms with E-state index in [4.69, 9.17) is 10.5 Å². The molecule has 19 heavy (non-hydrogen) atoms. The van der Waals surface area contributed by atoms with E-state index in [0.29, 0.717) is 11.6 Å². The Morgan fingerprint density at radius 1 is 1.21 bits per heavy atom. The smallest absolute Gasteiger partial charge is 0.246 e. The van der Waals surface area contributed by atoms with Crippen LogP contribution < -0.4 is 10.5 Å². The number of benzene rings is 2. The van der Waals surface area contributed by atoms with Crippen LogP contribution >= 0.6 is 0 Å². The van der Waals surface area contributed by atoms with E-state index in [9.17, 15) is 4.39 Å². The molecule has 1 aromatic heterocycles. The lowest BCUT2D eigenvalue weighted by molar-refractivity contribution is 0.425. The number of ether oxygens (including phenoxy) is 1. The van der Waals surface area contributed by atoms with Gasteiger partial charge in [-0.1, -0.05) is 12.1 Å². The molecule has 0 bridgehead atoms. The van der Waals surface area contributed by atoms with Crippen LogP contribution in [0.2, 0.25) is 0 Å². The third-order valence-corrected chi connectivity index (χ3v) is 2.89. The van der Waals surface area contributed by atoms with E-state index in [-0.39, 0.29) is 5.75 Å². The van der Waals surface area contributed by atoms with Crippen molar-refractivity contribution in [1.82, 2.24) is 9.78 Å². The summed E-state index contributed by atoms with van der Waals surface area (Å²) in [4.78, 5) is 0. The van der Waals surface area contributed by atoms with E-state index >= 15 is 0 Å². The molecule has 0 aliphatic carbocycles. The van der Waals surface area contributed by atoms with Crippen LogP contribution in [-0.4, -0.2) is 9.78 Å². The predicted molar refractivity (Wildman–Crippen MR) is 71.6 cm³/mol. The molecule has 0 unspecified atom stereocenters. The number of hydrogen-bond donors (Lipinski definition) is 1. The van der Waals surface area contributed by atoms with Gasteiger partial charge in [-0.2, -0.15) is 0 Å². The summed E-state index contributed by atoms with van der Waals surface area (Å²) in [5.74, 6) is -0.0189. The molecule has 96 valence electrons. The second-order valence-corrected chi connectivity index (χ2v) is 4.24. The van der Waals surface area contributed by atoms with Crippen molar-refractivity contribution in [3.8, 4) is 11.6 Å². The molecule has 3 rings (SSSR count). The van der Waals surface area contributed by atoms with Crippen LogP contribution in [0.4, 0.5) is 10.1 Å². The summed E-state index contributed by atoms with van der Waals surface area (Å²) in [6.07, 6.45) is 0. The van der Waals surface area contributed by atoms with Crippen molar-refractivity contribution in [1.29, 1.82) is 0 Å². The zero-order valence-corrected chi connectivity index (χ0v) is 10.3. The predicted octanol–water partition coefficient (Wildman–Crippen LogP) is 3.09. The van der Waals surface area contributed by atoms with Crippen molar-refractivity contribution in [3.05, 3.63) is 48.3 Å². The van der Waals surface area contributed by atoms with Gasteiger partial charge in [-0.05, 0) is 24.3 Å². The van der Waals surface area contributed by atoms with Crippen molar-refractivity contribution >= 4 is 16.6 Å². The maximum atomic E-state index is 13.7. The third kappa shape index (κ3) is 1.99. The summed E-state index contributed by atoms with van der Waals surface area (Å²) >= 11 is 0. The van der Waals surface area contributed by atoms with Gasteiger partial charge in [0.2, 0.25) is 5.88 Å². The van der Waals surface area contributed by atoms with Gasteiger partial charge in [0.05, 0.1) is 10.9 Å². The van der Waals surface area contributed by atoms with E-state index in [1.807, 2.05) is 31.3 Å². The number of aromatic nitrogens is 2. The summed E-state index contributed by atoms with van der Waals surface area (Å²) in [5.41, 5.74) is 6.78. The molecule has 1 heterocycles. The van der Waals surface area contributed by atoms with Crippen molar-refractivity contribution in [3.63, 3.8) is 0 Å². The number of anilines is 1. The lowest BCUT2D eigenvalue weighted by Crippen LogP contribution is -1.93. The number of para-hydroxylation sites is 1. The summed E-state index contributed by atoms with van der Waals surface area (Å²) in [6.45, 7) is 0. The summed E-state index contributed by atoms with van der Waals surface area (Å²) in [5, 5.41) is 5.08. The van der Waals surface area contributed by atoms with Crippen LogP contribution in [0.1, 0.15) is 0 Å². The Morgan fingerprint density at radius 2 is 2.00 bits per heavy atom. The number of hydrogen-bond acceptors (Lipinski definition) is 3. The van der Waals surface area contributed by atoms with Gasteiger partial charge in [0.15, 0.2) is 11.6 Å². The molecular weight excluding hydrogens is 245 g/mol. The topological polar surface area (TPSA) is 53.1 Å². The van der Waals surface area contributed by atoms with E-state index in [2.05, 4.69) is 5.10 Å². The number of halogens is 1. The van der Waals surface area contributed by atoms with Crippen molar-refractivity contribution < 1.29 is 9.13 Å². The number of nitrogens with zero attached hydrogens (tertiary/aromatic N) is 2. The number of nitrogen functional groups attached to an aromatic ring is 1. The Morgan fingerprint density at radius 3 is 2.79 bits per heavy atom. The molecule has 0 spiro atoms. The molecule has 0 radical (unpaired) electrons. The minimum Gasteiger partial charge on any atom is -0.434 e.